The molecule has 0 aromatic heterocycles. The second-order valence-corrected chi connectivity index (χ2v) is 6.03. The van der Waals surface area contributed by atoms with E-state index in [1.807, 2.05) is 0 Å². The van der Waals surface area contributed by atoms with Gasteiger partial charge in [-0.25, -0.2) is 0 Å². The van der Waals surface area contributed by atoms with Crippen LogP contribution < -0.4 is 11.1 Å². The third kappa shape index (κ3) is 3.43. The first-order valence-corrected chi connectivity index (χ1v) is 7.25. The number of carbonyl (C=O) groups excluding carboxylic acids is 1. The summed E-state index contributed by atoms with van der Waals surface area (Å²) >= 11 is 17.9. The van der Waals surface area contributed by atoms with Gasteiger partial charge in [0, 0.05) is 26.3 Å². The van der Waals surface area contributed by atoms with Gasteiger partial charge in [-0.3, -0.25) is 4.79 Å². The molecule has 1 amide bonds. The van der Waals surface area contributed by atoms with Gasteiger partial charge >= 0.3 is 0 Å². The number of benzene rings is 2. The van der Waals surface area contributed by atoms with Crippen molar-refractivity contribution < 1.29 is 4.79 Å². The molecule has 1 unspecified atom stereocenters. The van der Waals surface area contributed by atoms with E-state index in [4.69, 9.17) is 40.5 Å². The van der Waals surface area contributed by atoms with Crippen LogP contribution in [0, 0.1) is 0 Å². The predicted octanol–water partition coefficient (Wildman–Crippen LogP) is 4.46. The van der Waals surface area contributed by atoms with Crippen molar-refractivity contribution >= 4 is 46.4 Å². The number of hydrogen-bond acceptors (Lipinski definition) is 2. The third-order valence-corrected chi connectivity index (χ3v) is 4.00. The normalized spacial score (nSPS) is 13.5. The monoisotopic (exact) mass is 342 g/mol. The molecule has 0 aliphatic carbocycles. The molecule has 0 spiro atoms. The molecular formula is C15H13Cl3N2O. The van der Waals surface area contributed by atoms with Gasteiger partial charge in [0.05, 0.1) is 0 Å². The predicted molar refractivity (Wildman–Crippen MR) is 88.1 cm³/mol. The molecule has 6 heteroatoms. The van der Waals surface area contributed by atoms with Gasteiger partial charge in [-0.05, 0) is 43.3 Å². The summed E-state index contributed by atoms with van der Waals surface area (Å²) in [7, 11) is 0. The molecule has 1 atom stereocenters. The fourth-order valence-corrected chi connectivity index (χ4v) is 2.70. The van der Waals surface area contributed by atoms with Crippen LogP contribution >= 0.6 is 34.8 Å². The van der Waals surface area contributed by atoms with E-state index in [1.54, 1.807) is 49.4 Å². The van der Waals surface area contributed by atoms with Crippen LogP contribution in [-0.2, 0) is 10.3 Å². The number of carbonyl (C=O) groups is 1. The standard InChI is InChI=1S/C15H13Cl3N2O/c1-15(14(19)21,12-7-4-10(17)8-13(12)18)20-11-5-2-9(16)3-6-11/h2-8,20H,1H3,(H2,19,21). The van der Waals surface area contributed by atoms with Gasteiger partial charge in [0.2, 0.25) is 5.91 Å². The van der Waals surface area contributed by atoms with Gasteiger partial charge in [0.25, 0.3) is 0 Å². The molecule has 0 radical (unpaired) electrons. The van der Waals surface area contributed by atoms with E-state index >= 15 is 0 Å². The summed E-state index contributed by atoms with van der Waals surface area (Å²) in [6, 6.07) is 11.9. The van der Waals surface area contributed by atoms with Gasteiger partial charge in [0.15, 0.2) is 0 Å². The quantitative estimate of drug-likeness (QED) is 0.861. The molecule has 0 saturated heterocycles. The van der Waals surface area contributed by atoms with E-state index in [2.05, 4.69) is 5.32 Å². The first kappa shape index (κ1) is 16.0. The molecule has 0 heterocycles. The van der Waals surface area contributed by atoms with E-state index in [0.717, 1.165) is 0 Å². The smallest absolute Gasteiger partial charge is 0.247 e. The van der Waals surface area contributed by atoms with Gasteiger partial charge in [-0.1, -0.05) is 40.9 Å². The second kappa shape index (κ2) is 6.14. The molecule has 3 N–H and O–H groups in total. The van der Waals surface area contributed by atoms with E-state index in [0.29, 0.717) is 26.3 Å². The largest absolute Gasteiger partial charge is 0.368 e. The summed E-state index contributed by atoms with van der Waals surface area (Å²) in [5.74, 6) is -0.554. The fourth-order valence-electron chi connectivity index (χ4n) is 1.98. The van der Waals surface area contributed by atoms with Gasteiger partial charge in [-0.15, -0.1) is 0 Å². The van der Waals surface area contributed by atoms with Gasteiger partial charge in [-0.2, -0.15) is 0 Å². The number of rotatable bonds is 4. The Morgan fingerprint density at radius 1 is 1.05 bits per heavy atom. The zero-order valence-corrected chi connectivity index (χ0v) is 13.4. The molecule has 21 heavy (non-hydrogen) atoms. The minimum absolute atomic E-state index is 0.366. The van der Waals surface area contributed by atoms with Crippen LogP contribution in [-0.4, -0.2) is 5.91 Å². The maximum absolute atomic E-state index is 12.0. The number of amides is 1. The molecule has 3 nitrogen and oxygen atoms in total. The van der Waals surface area contributed by atoms with Crippen molar-refractivity contribution in [1.82, 2.24) is 0 Å². The number of primary amides is 1. The lowest BCUT2D eigenvalue weighted by molar-refractivity contribution is -0.122. The Morgan fingerprint density at radius 2 is 1.62 bits per heavy atom. The highest BCUT2D eigenvalue weighted by Crippen LogP contribution is 2.33. The SMILES string of the molecule is CC(Nc1ccc(Cl)cc1)(C(N)=O)c1ccc(Cl)cc1Cl. The van der Waals surface area contributed by atoms with Crippen molar-refractivity contribution in [1.29, 1.82) is 0 Å². The summed E-state index contributed by atoms with van der Waals surface area (Å²) in [6.45, 7) is 1.67. The van der Waals surface area contributed by atoms with Gasteiger partial charge < -0.3 is 11.1 Å². The lowest BCUT2D eigenvalue weighted by Gasteiger charge is -2.30. The van der Waals surface area contributed by atoms with E-state index in [9.17, 15) is 4.79 Å². The maximum Gasteiger partial charge on any atom is 0.247 e. The summed E-state index contributed by atoms with van der Waals surface area (Å²) < 4.78 is 0. The molecule has 0 bridgehead atoms. The number of anilines is 1. The fraction of sp³-hybridized carbons (Fsp3) is 0.133. The van der Waals surface area contributed by atoms with Crippen LogP contribution in [0.1, 0.15) is 12.5 Å². The van der Waals surface area contributed by atoms with Crippen LogP contribution in [0.2, 0.25) is 15.1 Å². The highest BCUT2D eigenvalue weighted by atomic mass is 35.5. The van der Waals surface area contributed by atoms with Crippen LogP contribution in [0.25, 0.3) is 0 Å². The van der Waals surface area contributed by atoms with Crippen molar-refractivity contribution in [3.8, 4) is 0 Å². The average Bonchev–Trinajstić information content (AvgIpc) is 2.41. The Labute approximate surface area is 138 Å². The summed E-state index contributed by atoms with van der Waals surface area (Å²) in [5.41, 5.74) is 5.65. The molecule has 0 aliphatic rings. The number of hydrogen-bond donors (Lipinski definition) is 2. The Bertz CT molecular complexity index is 673. The average molecular weight is 344 g/mol. The Kier molecular flexibility index (Phi) is 4.67. The van der Waals surface area contributed by atoms with Crippen LogP contribution in [0.4, 0.5) is 5.69 Å². The first-order chi connectivity index (χ1) is 9.83. The molecule has 2 rings (SSSR count). The highest BCUT2D eigenvalue weighted by Gasteiger charge is 2.35. The molecule has 2 aromatic carbocycles. The van der Waals surface area contributed by atoms with Gasteiger partial charge in [0.1, 0.15) is 5.54 Å². The minimum atomic E-state index is -1.17. The minimum Gasteiger partial charge on any atom is -0.368 e. The zero-order valence-electron chi connectivity index (χ0n) is 11.2. The summed E-state index contributed by atoms with van der Waals surface area (Å²) in [5, 5.41) is 4.55. The molecule has 2 aromatic rings. The lowest BCUT2D eigenvalue weighted by atomic mass is 9.90. The summed E-state index contributed by atoms with van der Waals surface area (Å²) in [6.07, 6.45) is 0. The molecule has 0 fully saturated rings. The van der Waals surface area contributed by atoms with Crippen molar-refractivity contribution in [2.24, 2.45) is 5.73 Å². The molecule has 0 aliphatic heterocycles. The Morgan fingerprint density at radius 3 is 2.14 bits per heavy atom. The van der Waals surface area contributed by atoms with Crippen molar-refractivity contribution in [2.75, 3.05) is 5.32 Å². The van der Waals surface area contributed by atoms with E-state index in [-0.39, 0.29) is 0 Å². The lowest BCUT2D eigenvalue weighted by Crippen LogP contribution is -2.45. The van der Waals surface area contributed by atoms with Crippen molar-refractivity contribution in [3.63, 3.8) is 0 Å². The number of halogens is 3. The van der Waals surface area contributed by atoms with Crippen LogP contribution in [0.5, 0.6) is 0 Å². The third-order valence-electron chi connectivity index (χ3n) is 3.20. The molecular weight excluding hydrogens is 331 g/mol. The topological polar surface area (TPSA) is 55.1 Å². The first-order valence-electron chi connectivity index (χ1n) is 6.12. The van der Waals surface area contributed by atoms with Crippen molar-refractivity contribution in [2.45, 2.75) is 12.5 Å². The Balaban J connectivity index is 2.45. The Hall–Kier alpha value is -1.42. The second-order valence-electron chi connectivity index (χ2n) is 4.75. The van der Waals surface area contributed by atoms with Crippen LogP contribution in [0.3, 0.4) is 0 Å². The maximum atomic E-state index is 12.0. The number of nitrogens with two attached hydrogens (primary N) is 1. The van der Waals surface area contributed by atoms with E-state index in [1.165, 1.54) is 0 Å². The molecule has 110 valence electrons. The highest BCUT2D eigenvalue weighted by molar-refractivity contribution is 6.35. The zero-order chi connectivity index (χ0) is 15.6. The number of nitrogens with one attached hydrogen (secondary N) is 1. The van der Waals surface area contributed by atoms with Crippen LogP contribution in [0.15, 0.2) is 42.5 Å². The summed E-state index contributed by atoms with van der Waals surface area (Å²) in [4.78, 5) is 12.0. The molecule has 0 saturated carbocycles. The van der Waals surface area contributed by atoms with E-state index < -0.39 is 11.4 Å². The van der Waals surface area contributed by atoms with Crippen molar-refractivity contribution in [3.05, 3.63) is 63.1 Å².